The fraction of sp³-hybridized carbons (Fsp3) is 0.333. The molecule has 2 saturated carbocycles. The van der Waals surface area contributed by atoms with Gasteiger partial charge in [-0.3, -0.25) is 5.41 Å². The molecule has 1 aliphatic heterocycles. The molecule has 0 spiro atoms. The summed E-state index contributed by atoms with van der Waals surface area (Å²) in [6, 6.07) is 21.3. The SMILES string of the molecule is C=C(/C(C#N)=C/C1CC1)N1CC2CC(Nc3ncncc3C(=N)c3ccc(Cc4ccccc4)cc3)CC2C1. The topological polar surface area (TPSA) is 88.7 Å². The van der Waals surface area contributed by atoms with Crippen molar-refractivity contribution in [2.45, 2.75) is 38.1 Å². The molecule has 1 aromatic heterocycles. The minimum Gasteiger partial charge on any atom is -0.370 e. The Morgan fingerprint density at radius 2 is 1.74 bits per heavy atom. The van der Waals surface area contributed by atoms with Gasteiger partial charge in [0.1, 0.15) is 18.2 Å². The van der Waals surface area contributed by atoms with E-state index < -0.39 is 0 Å². The minimum absolute atomic E-state index is 0.308. The number of benzene rings is 2. The number of nitrogens with zero attached hydrogens (tertiary/aromatic N) is 4. The first-order valence-electron chi connectivity index (χ1n) is 13.9. The Morgan fingerprint density at radius 3 is 2.41 bits per heavy atom. The molecule has 1 saturated heterocycles. The Kier molecular flexibility index (Phi) is 6.98. The van der Waals surface area contributed by atoms with Gasteiger partial charge in [-0.25, -0.2) is 9.97 Å². The maximum atomic E-state index is 9.62. The predicted molar refractivity (Wildman–Crippen MR) is 154 cm³/mol. The third kappa shape index (κ3) is 5.63. The summed E-state index contributed by atoms with van der Waals surface area (Å²) in [4.78, 5) is 11.1. The van der Waals surface area contributed by atoms with Gasteiger partial charge in [0, 0.05) is 36.6 Å². The second kappa shape index (κ2) is 10.9. The van der Waals surface area contributed by atoms with Gasteiger partial charge in [0.25, 0.3) is 0 Å². The van der Waals surface area contributed by atoms with E-state index in [4.69, 9.17) is 5.41 Å². The van der Waals surface area contributed by atoms with Gasteiger partial charge in [-0.1, -0.05) is 67.3 Å². The molecule has 2 unspecified atom stereocenters. The van der Waals surface area contributed by atoms with Crippen molar-refractivity contribution in [2.75, 3.05) is 18.4 Å². The Balaban J connectivity index is 1.08. The van der Waals surface area contributed by atoms with Crippen LogP contribution in [0.5, 0.6) is 0 Å². The Morgan fingerprint density at radius 1 is 1.05 bits per heavy atom. The zero-order valence-electron chi connectivity index (χ0n) is 22.2. The summed E-state index contributed by atoms with van der Waals surface area (Å²) in [6.45, 7) is 6.17. The van der Waals surface area contributed by atoms with Crippen LogP contribution in [0, 0.1) is 34.5 Å². The maximum Gasteiger partial charge on any atom is 0.139 e. The highest BCUT2D eigenvalue weighted by molar-refractivity contribution is 6.13. The smallest absolute Gasteiger partial charge is 0.139 e. The van der Waals surface area contributed by atoms with Crippen LogP contribution in [0.15, 0.2) is 91.0 Å². The normalized spacial score (nSPS) is 22.3. The van der Waals surface area contributed by atoms with Crippen LogP contribution >= 0.6 is 0 Å². The Hall–Kier alpha value is -4.24. The van der Waals surface area contributed by atoms with Crippen LogP contribution in [0.25, 0.3) is 0 Å². The molecular weight excluding hydrogens is 480 g/mol. The van der Waals surface area contributed by atoms with Gasteiger partial charge in [0.2, 0.25) is 0 Å². The molecule has 6 nitrogen and oxygen atoms in total. The van der Waals surface area contributed by atoms with Gasteiger partial charge < -0.3 is 10.2 Å². The molecule has 6 heteroatoms. The largest absolute Gasteiger partial charge is 0.370 e. The average Bonchev–Trinajstić information content (AvgIpc) is 3.59. The number of fused-ring (bicyclic) bond motifs is 1. The summed E-state index contributed by atoms with van der Waals surface area (Å²) in [5.74, 6) is 2.44. The highest BCUT2D eigenvalue weighted by atomic mass is 15.2. The number of rotatable bonds is 9. The van der Waals surface area contributed by atoms with Gasteiger partial charge in [-0.15, -0.1) is 0 Å². The first-order valence-corrected chi connectivity index (χ1v) is 13.9. The molecule has 2 heterocycles. The van der Waals surface area contributed by atoms with Crippen LogP contribution in [0.3, 0.4) is 0 Å². The first-order chi connectivity index (χ1) is 19.1. The van der Waals surface area contributed by atoms with E-state index in [1.165, 1.54) is 24.0 Å². The molecule has 3 fully saturated rings. The van der Waals surface area contributed by atoms with Gasteiger partial charge in [-0.05, 0) is 61.0 Å². The van der Waals surface area contributed by atoms with Gasteiger partial charge in [0.15, 0.2) is 0 Å². The average molecular weight is 515 g/mol. The molecule has 6 rings (SSSR count). The number of hydrogen-bond donors (Lipinski definition) is 2. The molecule has 39 heavy (non-hydrogen) atoms. The zero-order chi connectivity index (χ0) is 26.8. The summed E-state index contributed by atoms with van der Waals surface area (Å²) < 4.78 is 0. The van der Waals surface area contributed by atoms with Crippen LogP contribution in [0.1, 0.15) is 47.9 Å². The fourth-order valence-electron chi connectivity index (χ4n) is 6.10. The molecule has 2 atom stereocenters. The van der Waals surface area contributed by atoms with Crippen molar-refractivity contribution in [3.05, 3.63) is 113 Å². The third-order valence-electron chi connectivity index (χ3n) is 8.40. The molecular formula is C33H34N6. The summed E-state index contributed by atoms with van der Waals surface area (Å²) in [7, 11) is 0. The van der Waals surface area contributed by atoms with E-state index in [1.54, 1.807) is 12.5 Å². The van der Waals surface area contributed by atoms with Crippen molar-refractivity contribution in [3.63, 3.8) is 0 Å². The minimum atomic E-state index is 0.308. The highest BCUT2D eigenvalue weighted by Crippen LogP contribution is 2.42. The molecule has 2 aromatic carbocycles. The van der Waals surface area contributed by atoms with Crippen LogP contribution in [0.4, 0.5) is 5.82 Å². The second-order valence-corrected chi connectivity index (χ2v) is 11.2. The van der Waals surface area contributed by atoms with Crippen molar-refractivity contribution in [2.24, 2.45) is 17.8 Å². The van der Waals surface area contributed by atoms with Crippen molar-refractivity contribution >= 4 is 11.5 Å². The lowest BCUT2D eigenvalue weighted by atomic mass is 9.99. The first kappa shape index (κ1) is 25.1. The van der Waals surface area contributed by atoms with E-state index in [-0.39, 0.29) is 0 Å². The Labute approximate surface area is 230 Å². The van der Waals surface area contributed by atoms with E-state index in [1.807, 2.05) is 18.2 Å². The summed E-state index contributed by atoms with van der Waals surface area (Å²) in [5.41, 5.74) is 6.15. The Bertz CT molecular complexity index is 1420. The van der Waals surface area contributed by atoms with Gasteiger partial charge >= 0.3 is 0 Å². The molecule has 0 amide bonds. The van der Waals surface area contributed by atoms with E-state index >= 15 is 0 Å². The van der Waals surface area contributed by atoms with Crippen molar-refractivity contribution in [1.82, 2.24) is 14.9 Å². The molecule has 0 radical (unpaired) electrons. The van der Waals surface area contributed by atoms with Crippen molar-refractivity contribution in [1.29, 1.82) is 10.7 Å². The summed E-state index contributed by atoms with van der Waals surface area (Å²) in [6.07, 6.45) is 10.8. The van der Waals surface area contributed by atoms with Crippen LogP contribution in [-0.4, -0.2) is 39.7 Å². The number of anilines is 1. The van der Waals surface area contributed by atoms with Crippen molar-refractivity contribution in [3.8, 4) is 6.07 Å². The number of nitriles is 1. The monoisotopic (exact) mass is 514 g/mol. The number of allylic oxidation sites excluding steroid dienone is 2. The lowest BCUT2D eigenvalue weighted by Crippen LogP contribution is -2.26. The number of nitrogens with one attached hydrogen (secondary N) is 2. The second-order valence-electron chi connectivity index (χ2n) is 11.2. The van der Waals surface area contributed by atoms with Crippen LogP contribution in [0.2, 0.25) is 0 Å². The molecule has 196 valence electrons. The van der Waals surface area contributed by atoms with Crippen molar-refractivity contribution < 1.29 is 0 Å². The lowest BCUT2D eigenvalue weighted by Gasteiger charge is -2.24. The summed E-state index contributed by atoms with van der Waals surface area (Å²) in [5, 5.41) is 22.2. The maximum absolute atomic E-state index is 9.62. The number of likely N-dealkylation sites (tertiary alicyclic amines) is 1. The zero-order valence-corrected chi connectivity index (χ0v) is 22.2. The standard InChI is InChI=1S/C33H34N6/c1-22(27(17-34)14-25-7-8-25)39-19-28-15-30(16-29(28)20-39)38-33-31(18-36-21-37-33)32(35)26-11-9-24(10-12-26)13-23-5-3-2-4-6-23/h2-6,9-12,14,18,21,25,28-30,35H,1,7-8,13,15-16,19-20H2,(H,36,37,38)/b27-14+,35-32?. The summed E-state index contributed by atoms with van der Waals surface area (Å²) >= 11 is 0. The predicted octanol–water partition coefficient (Wildman–Crippen LogP) is 5.98. The van der Waals surface area contributed by atoms with Crippen LogP contribution in [-0.2, 0) is 6.42 Å². The highest BCUT2D eigenvalue weighted by Gasteiger charge is 2.42. The molecule has 3 aromatic rings. The molecule has 2 aliphatic carbocycles. The van der Waals surface area contributed by atoms with Gasteiger partial charge in [0.05, 0.1) is 16.8 Å². The lowest BCUT2D eigenvalue weighted by molar-refractivity contribution is 0.392. The number of aromatic nitrogens is 2. The number of hydrogen-bond acceptors (Lipinski definition) is 6. The van der Waals surface area contributed by atoms with Crippen LogP contribution < -0.4 is 5.32 Å². The fourth-order valence-corrected chi connectivity index (χ4v) is 6.10. The van der Waals surface area contributed by atoms with E-state index in [0.29, 0.717) is 29.5 Å². The van der Waals surface area contributed by atoms with Gasteiger partial charge in [-0.2, -0.15) is 5.26 Å². The van der Waals surface area contributed by atoms with E-state index in [0.717, 1.165) is 60.6 Å². The third-order valence-corrected chi connectivity index (χ3v) is 8.40. The quantitative estimate of drug-likeness (QED) is 0.208. The molecule has 0 bridgehead atoms. The molecule has 3 aliphatic rings. The molecule has 2 N–H and O–H groups in total. The van der Waals surface area contributed by atoms with E-state index in [2.05, 4.69) is 75.3 Å². The van der Waals surface area contributed by atoms with E-state index in [9.17, 15) is 5.26 Å².